The number of anilines is 1. The molecule has 102 valence electrons. The zero-order chi connectivity index (χ0) is 13.5. The molecule has 7 heteroatoms. The Kier molecular flexibility index (Phi) is 3.25. The van der Waals surface area contributed by atoms with E-state index in [9.17, 15) is 13.2 Å². The molecule has 0 amide bonds. The summed E-state index contributed by atoms with van der Waals surface area (Å²) in [7, 11) is 1.71. The van der Waals surface area contributed by atoms with Crippen LogP contribution < -0.4 is 4.90 Å². The standard InChI is InChI=1S/C11H17F3N4/c1-7(2)9-4-8(11(12,13)14)5-18(9)10-15-6-17(3)16-10/h6-9H,4-5H2,1-3H3. The molecule has 0 aromatic carbocycles. The molecular weight excluding hydrogens is 245 g/mol. The number of aryl methyl sites for hydroxylation is 1. The van der Waals surface area contributed by atoms with E-state index in [0.717, 1.165) is 0 Å². The molecule has 18 heavy (non-hydrogen) atoms. The monoisotopic (exact) mass is 262 g/mol. The third kappa shape index (κ3) is 2.44. The van der Waals surface area contributed by atoms with Crippen molar-refractivity contribution in [2.24, 2.45) is 18.9 Å². The number of halogens is 3. The van der Waals surface area contributed by atoms with Gasteiger partial charge in [0.2, 0.25) is 5.95 Å². The van der Waals surface area contributed by atoms with Gasteiger partial charge in [-0.25, -0.2) is 4.98 Å². The zero-order valence-corrected chi connectivity index (χ0v) is 10.6. The second-order valence-corrected chi connectivity index (χ2v) is 5.16. The van der Waals surface area contributed by atoms with E-state index in [1.165, 1.54) is 11.0 Å². The van der Waals surface area contributed by atoms with Gasteiger partial charge in [0.05, 0.1) is 5.92 Å². The average molecular weight is 262 g/mol. The number of rotatable bonds is 2. The first-order chi connectivity index (χ1) is 8.29. The van der Waals surface area contributed by atoms with Gasteiger partial charge in [0, 0.05) is 19.6 Å². The molecular formula is C11H17F3N4. The Morgan fingerprint density at radius 3 is 2.50 bits per heavy atom. The zero-order valence-electron chi connectivity index (χ0n) is 10.6. The summed E-state index contributed by atoms with van der Waals surface area (Å²) in [5, 5.41) is 4.11. The van der Waals surface area contributed by atoms with Crippen LogP contribution >= 0.6 is 0 Å². The average Bonchev–Trinajstić information content (AvgIpc) is 2.81. The van der Waals surface area contributed by atoms with E-state index >= 15 is 0 Å². The molecule has 0 spiro atoms. The van der Waals surface area contributed by atoms with E-state index in [0.29, 0.717) is 5.95 Å². The molecule has 1 fully saturated rings. The second kappa shape index (κ2) is 4.44. The molecule has 0 radical (unpaired) electrons. The van der Waals surface area contributed by atoms with Crippen molar-refractivity contribution in [2.45, 2.75) is 32.5 Å². The Hall–Kier alpha value is -1.27. The van der Waals surface area contributed by atoms with E-state index < -0.39 is 12.1 Å². The summed E-state index contributed by atoms with van der Waals surface area (Å²) in [6.07, 6.45) is -2.51. The van der Waals surface area contributed by atoms with Crippen LogP contribution in [0.3, 0.4) is 0 Å². The summed E-state index contributed by atoms with van der Waals surface area (Å²) in [5.74, 6) is -0.752. The molecule has 1 aromatic rings. The Morgan fingerprint density at radius 2 is 2.06 bits per heavy atom. The predicted molar refractivity (Wildman–Crippen MR) is 61.1 cm³/mol. The highest BCUT2D eigenvalue weighted by molar-refractivity contribution is 5.33. The van der Waals surface area contributed by atoms with Crippen LogP contribution in [0.4, 0.5) is 19.1 Å². The first-order valence-corrected chi connectivity index (χ1v) is 5.98. The third-order valence-corrected chi connectivity index (χ3v) is 3.42. The Labute approximate surface area is 104 Å². The van der Waals surface area contributed by atoms with Crippen molar-refractivity contribution >= 4 is 5.95 Å². The quantitative estimate of drug-likeness (QED) is 0.819. The van der Waals surface area contributed by atoms with Crippen LogP contribution in [0.15, 0.2) is 6.33 Å². The van der Waals surface area contributed by atoms with Crippen LogP contribution in [-0.2, 0) is 7.05 Å². The normalized spacial score (nSPS) is 25.2. The summed E-state index contributed by atoms with van der Waals surface area (Å²) < 4.78 is 40.0. The highest BCUT2D eigenvalue weighted by Crippen LogP contribution is 2.39. The van der Waals surface area contributed by atoms with Crippen molar-refractivity contribution in [3.8, 4) is 0 Å². The minimum Gasteiger partial charge on any atom is -0.336 e. The van der Waals surface area contributed by atoms with Crippen molar-refractivity contribution in [1.82, 2.24) is 14.8 Å². The van der Waals surface area contributed by atoms with Crippen LogP contribution in [-0.4, -0.2) is 33.5 Å². The van der Waals surface area contributed by atoms with Crippen molar-refractivity contribution in [3.63, 3.8) is 0 Å². The number of hydrogen-bond donors (Lipinski definition) is 0. The van der Waals surface area contributed by atoms with Gasteiger partial charge in [-0.1, -0.05) is 13.8 Å². The second-order valence-electron chi connectivity index (χ2n) is 5.16. The molecule has 1 saturated heterocycles. The van der Waals surface area contributed by atoms with Crippen molar-refractivity contribution in [2.75, 3.05) is 11.4 Å². The summed E-state index contributed by atoms with van der Waals surface area (Å²) in [6.45, 7) is 3.81. The van der Waals surface area contributed by atoms with Gasteiger partial charge in [0.1, 0.15) is 6.33 Å². The molecule has 2 rings (SSSR count). The molecule has 2 heterocycles. The fraction of sp³-hybridized carbons (Fsp3) is 0.818. The predicted octanol–water partition coefficient (Wildman–Crippen LogP) is 2.23. The van der Waals surface area contributed by atoms with E-state index in [-0.39, 0.29) is 24.9 Å². The topological polar surface area (TPSA) is 34.0 Å². The van der Waals surface area contributed by atoms with E-state index in [2.05, 4.69) is 10.1 Å². The molecule has 1 aliphatic rings. The van der Waals surface area contributed by atoms with Crippen LogP contribution in [0, 0.1) is 11.8 Å². The minimum absolute atomic E-state index is 0.0453. The smallest absolute Gasteiger partial charge is 0.336 e. The molecule has 1 aliphatic heterocycles. The molecule has 0 aliphatic carbocycles. The molecule has 2 unspecified atom stereocenters. The number of hydrogen-bond acceptors (Lipinski definition) is 3. The summed E-state index contributed by atoms with van der Waals surface area (Å²) in [4.78, 5) is 5.74. The lowest BCUT2D eigenvalue weighted by atomic mass is 9.97. The van der Waals surface area contributed by atoms with E-state index in [4.69, 9.17) is 0 Å². The molecule has 1 aromatic heterocycles. The van der Waals surface area contributed by atoms with Crippen LogP contribution in [0.25, 0.3) is 0 Å². The molecule has 0 N–H and O–H groups in total. The van der Waals surface area contributed by atoms with Crippen molar-refractivity contribution in [1.29, 1.82) is 0 Å². The van der Waals surface area contributed by atoms with E-state index in [1.54, 1.807) is 11.9 Å². The first kappa shape index (κ1) is 13.2. The van der Waals surface area contributed by atoms with Crippen LogP contribution in [0.2, 0.25) is 0 Å². The molecule has 2 atom stereocenters. The molecule has 0 saturated carbocycles. The highest BCUT2D eigenvalue weighted by atomic mass is 19.4. The van der Waals surface area contributed by atoms with Gasteiger partial charge in [-0.15, -0.1) is 5.10 Å². The SMILES string of the molecule is CC(C)C1CC(C(F)(F)F)CN1c1ncn(C)n1. The maximum absolute atomic E-state index is 12.8. The van der Waals surface area contributed by atoms with Crippen LogP contribution in [0.1, 0.15) is 20.3 Å². The van der Waals surface area contributed by atoms with Gasteiger partial charge in [-0.05, 0) is 12.3 Å². The maximum atomic E-state index is 12.8. The minimum atomic E-state index is -4.14. The lowest BCUT2D eigenvalue weighted by Gasteiger charge is -2.26. The fourth-order valence-electron chi connectivity index (χ4n) is 2.42. The largest absolute Gasteiger partial charge is 0.393 e. The lowest BCUT2D eigenvalue weighted by Crippen LogP contribution is -2.34. The summed E-state index contributed by atoms with van der Waals surface area (Å²) >= 11 is 0. The highest BCUT2D eigenvalue weighted by Gasteiger charge is 2.48. The number of aromatic nitrogens is 3. The number of alkyl halides is 3. The van der Waals surface area contributed by atoms with Gasteiger partial charge in [-0.2, -0.15) is 13.2 Å². The van der Waals surface area contributed by atoms with Crippen LogP contribution in [0.5, 0.6) is 0 Å². The first-order valence-electron chi connectivity index (χ1n) is 5.98. The Bertz CT molecular complexity index is 413. The van der Waals surface area contributed by atoms with Gasteiger partial charge in [0.25, 0.3) is 0 Å². The summed E-state index contributed by atoms with van der Waals surface area (Å²) in [6, 6.07) is -0.154. The lowest BCUT2D eigenvalue weighted by molar-refractivity contribution is -0.169. The van der Waals surface area contributed by atoms with Gasteiger partial charge < -0.3 is 4.90 Å². The third-order valence-electron chi connectivity index (χ3n) is 3.42. The molecule has 4 nitrogen and oxygen atoms in total. The maximum Gasteiger partial charge on any atom is 0.393 e. The van der Waals surface area contributed by atoms with Crippen molar-refractivity contribution in [3.05, 3.63) is 6.33 Å². The Balaban J connectivity index is 2.23. The van der Waals surface area contributed by atoms with Gasteiger partial charge in [-0.3, -0.25) is 4.68 Å². The molecule has 0 bridgehead atoms. The van der Waals surface area contributed by atoms with Gasteiger partial charge in [0.15, 0.2) is 0 Å². The number of nitrogens with zero attached hydrogens (tertiary/aromatic N) is 4. The fourth-order valence-corrected chi connectivity index (χ4v) is 2.42. The summed E-state index contributed by atoms with van der Waals surface area (Å²) in [5.41, 5.74) is 0. The Morgan fingerprint density at radius 1 is 1.39 bits per heavy atom. The van der Waals surface area contributed by atoms with Gasteiger partial charge >= 0.3 is 6.18 Å². The van der Waals surface area contributed by atoms with Crippen molar-refractivity contribution < 1.29 is 13.2 Å². The van der Waals surface area contributed by atoms with E-state index in [1.807, 2.05) is 13.8 Å².